The maximum Gasteiger partial charge on any atom is 0.127 e. The average Bonchev–Trinajstić information content (AvgIpc) is 2.89. The van der Waals surface area contributed by atoms with Gasteiger partial charge in [0.25, 0.3) is 0 Å². The second-order valence-electron chi connectivity index (χ2n) is 4.85. The molecule has 2 aromatic carbocycles. The summed E-state index contributed by atoms with van der Waals surface area (Å²) < 4.78 is 7.04. The van der Waals surface area contributed by atoms with Gasteiger partial charge in [0.05, 0.1) is 12.6 Å². The van der Waals surface area contributed by atoms with E-state index in [4.69, 9.17) is 16.3 Å². The van der Waals surface area contributed by atoms with E-state index in [0.29, 0.717) is 0 Å². The molecule has 4 heteroatoms. The number of ether oxygens (including phenoxy) is 1. The summed E-state index contributed by atoms with van der Waals surface area (Å²) in [5.41, 5.74) is 3.54. The molecule has 20 heavy (non-hydrogen) atoms. The Hall–Kier alpha value is -0.780. The summed E-state index contributed by atoms with van der Waals surface area (Å²) in [5.74, 6) is 0.993. The van der Waals surface area contributed by atoms with Gasteiger partial charge in [0.1, 0.15) is 5.75 Å². The van der Waals surface area contributed by atoms with Crippen molar-refractivity contribution in [2.24, 2.45) is 0 Å². The molecular weight excluding hydrogens is 385 g/mol. The van der Waals surface area contributed by atoms with Crippen LogP contribution in [0.15, 0.2) is 36.4 Å². The first-order chi connectivity index (χ1) is 9.69. The third kappa shape index (κ3) is 2.67. The van der Waals surface area contributed by atoms with Crippen molar-refractivity contribution in [1.29, 1.82) is 0 Å². The van der Waals surface area contributed by atoms with Gasteiger partial charge in [-0.1, -0.05) is 23.7 Å². The number of hydrogen-bond donors (Lipinski definition) is 1. The molecule has 2 nitrogen and oxygen atoms in total. The van der Waals surface area contributed by atoms with Crippen molar-refractivity contribution in [3.8, 4) is 5.75 Å². The highest BCUT2D eigenvalue weighted by Crippen LogP contribution is 2.38. The quantitative estimate of drug-likeness (QED) is 0.782. The van der Waals surface area contributed by atoms with Crippen LogP contribution >= 0.6 is 34.2 Å². The Morgan fingerprint density at radius 2 is 2.00 bits per heavy atom. The van der Waals surface area contributed by atoms with Gasteiger partial charge in [0, 0.05) is 20.6 Å². The van der Waals surface area contributed by atoms with Crippen LogP contribution in [0, 0.1) is 3.57 Å². The molecule has 2 aromatic rings. The number of benzene rings is 2. The summed E-state index contributed by atoms with van der Waals surface area (Å²) in [7, 11) is 1.96. The maximum atomic E-state index is 6.26. The molecule has 0 aliphatic carbocycles. The first kappa shape index (κ1) is 14.2. The van der Waals surface area contributed by atoms with Gasteiger partial charge in [-0.25, -0.2) is 0 Å². The van der Waals surface area contributed by atoms with Gasteiger partial charge in [0.15, 0.2) is 0 Å². The van der Waals surface area contributed by atoms with Crippen LogP contribution in [0.4, 0.5) is 0 Å². The molecule has 0 radical (unpaired) electrons. The molecule has 1 N–H and O–H groups in total. The van der Waals surface area contributed by atoms with Crippen molar-refractivity contribution >= 4 is 34.2 Å². The highest BCUT2D eigenvalue weighted by atomic mass is 127. The molecule has 104 valence electrons. The van der Waals surface area contributed by atoms with Crippen LogP contribution in [0.5, 0.6) is 5.75 Å². The summed E-state index contributed by atoms with van der Waals surface area (Å²) >= 11 is 8.57. The van der Waals surface area contributed by atoms with Crippen LogP contribution in [0.3, 0.4) is 0 Å². The predicted octanol–water partition coefficient (Wildman–Crippen LogP) is 4.19. The standard InChI is InChI=1S/C16H15ClINO/c1-19-15(10-2-4-13(18)5-3-10)14-9-12(17)8-11-6-7-20-16(11)14/h2-5,8-9,15,19H,6-7H2,1H3. The molecule has 0 amide bonds. The van der Waals surface area contributed by atoms with E-state index in [-0.39, 0.29) is 6.04 Å². The fraction of sp³-hybridized carbons (Fsp3) is 0.250. The zero-order valence-electron chi connectivity index (χ0n) is 11.1. The van der Waals surface area contributed by atoms with E-state index in [1.807, 2.05) is 19.2 Å². The summed E-state index contributed by atoms with van der Waals surface area (Å²) in [6.45, 7) is 0.742. The van der Waals surface area contributed by atoms with Crippen molar-refractivity contribution in [3.05, 3.63) is 61.7 Å². The largest absolute Gasteiger partial charge is 0.493 e. The molecule has 3 rings (SSSR count). The Labute approximate surface area is 137 Å². The molecule has 0 fully saturated rings. The minimum atomic E-state index is 0.0950. The Morgan fingerprint density at radius 3 is 2.70 bits per heavy atom. The average molecular weight is 400 g/mol. The van der Waals surface area contributed by atoms with E-state index in [9.17, 15) is 0 Å². The number of nitrogens with one attached hydrogen (secondary N) is 1. The van der Waals surface area contributed by atoms with Crippen molar-refractivity contribution < 1.29 is 4.74 Å². The lowest BCUT2D eigenvalue weighted by Crippen LogP contribution is -2.18. The van der Waals surface area contributed by atoms with Crippen LogP contribution in [-0.2, 0) is 6.42 Å². The molecule has 0 saturated heterocycles. The van der Waals surface area contributed by atoms with E-state index < -0.39 is 0 Å². The summed E-state index contributed by atoms with van der Waals surface area (Å²) in [6, 6.07) is 12.6. The predicted molar refractivity (Wildman–Crippen MR) is 90.7 cm³/mol. The second kappa shape index (κ2) is 5.92. The van der Waals surface area contributed by atoms with Gasteiger partial charge in [-0.05, 0) is 65.0 Å². The fourth-order valence-electron chi connectivity index (χ4n) is 2.67. The van der Waals surface area contributed by atoms with E-state index in [1.165, 1.54) is 14.7 Å². The monoisotopic (exact) mass is 399 g/mol. The summed E-state index contributed by atoms with van der Waals surface area (Å²) in [6.07, 6.45) is 0.937. The Morgan fingerprint density at radius 1 is 1.25 bits per heavy atom. The van der Waals surface area contributed by atoms with Crippen molar-refractivity contribution in [1.82, 2.24) is 5.32 Å². The maximum absolute atomic E-state index is 6.26. The lowest BCUT2D eigenvalue weighted by molar-refractivity contribution is 0.351. The zero-order valence-corrected chi connectivity index (χ0v) is 14.0. The lowest BCUT2D eigenvalue weighted by atomic mass is 9.96. The van der Waals surface area contributed by atoms with Crippen LogP contribution < -0.4 is 10.1 Å². The van der Waals surface area contributed by atoms with Gasteiger partial charge >= 0.3 is 0 Å². The third-order valence-electron chi connectivity index (χ3n) is 3.58. The van der Waals surface area contributed by atoms with Crippen LogP contribution in [0.25, 0.3) is 0 Å². The zero-order chi connectivity index (χ0) is 14.1. The Balaban J connectivity index is 2.08. The van der Waals surface area contributed by atoms with Crippen molar-refractivity contribution in [2.75, 3.05) is 13.7 Å². The molecule has 1 atom stereocenters. The smallest absolute Gasteiger partial charge is 0.127 e. The van der Waals surface area contributed by atoms with E-state index in [0.717, 1.165) is 29.4 Å². The van der Waals surface area contributed by atoms with Gasteiger partial charge in [-0.2, -0.15) is 0 Å². The molecular formula is C16H15ClINO. The van der Waals surface area contributed by atoms with Crippen molar-refractivity contribution in [2.45, 2.75) is 12.5 Å². The fourth-order valence-corrected chi connectivity index (χ4v) is 3.28. The highest BCUT2D eigenvalue weighted by Gasteiger charge is 2.23. The molecule has 0 aromatic heterocycles. The third-order valence-corrected chi connectivity index (χ3v) is 4.52. The van der Waals surface area contributed by atoms with E-state index >= 15 is 0 Å². The highest BCUT2D eigenvalue weighted by molar-refractivity contribution is 14.1. The number of fused-ring (bicyclic) bond motifs is 1. The molecule has 1 aliphatic heterocycles. The number of halogens is 2. The summed E-state index contributed by atoms with van der Waals surface area (Å²) in [4.78, 5) is 0. The Bertz CT molecular complexity index is 627. The number of rotatable bonds is 3. The minimum absolute atomic E-state index is 0.0950. The minimum Gasteiger partial charge on any atom is -0.493 e. The lowest BCUT2D eigenvalue weighted by Gasteiger charge is -2.20. The van der Waals surface area contributed by atoms with Crippen LogP contribution in [-0.4, -0.2) is 13.7 Å². The van der Waals surface area contributed by atoms with Gasteiger partial charge in [-0.3, -0.25) is 0 Å². The van der Waals surface area contributed by atoms with E-state index in [2.05, 4.69) is 52.2 Å². The molecule has 0 bridgehead atoms. The molecule has 0 spiro atoms. The second-order valence-corrected chi connectivity index (χ2v) is 6.54. The molecule has 0 saturated carbocycles. The van der Waals surface area contributed by atoms with Crippen LogP contribution in [0.2, 0.25) is 5.02 Å². The summed E-state index contributed by atoms with van der Waals surface area (Å²) in [5, 5.41) is 4.14. The molecule has 1 unspecified atom stereocenters. The molecule has 1 heterocycles. The topological polar surface area (TPSA) is 21.3 Å². The molecule has 1 aliphatic rings. The normalized spacial score (nSPS) is 14.8. The van der Waals surface area contributed by atoms with Gasteiger partial charge in [0.2, 0.25) is 0 Å². The van der Waals surface area contributed by atoms with Crippen LogP contribution in [0.1, 0.15) is 22.7 Å². The van der Waals surface area contributed by atoms with E-state index in [1.54, 1.807) is 0 Å². The first-order valence-electron chi connectivity index (χ1n) is 6.57. The SMILES string of the molecule is CNC(c1ccc(I)cc1)c1cc(Cl)cc2c1OCC2. The van der Waals surface area contributed by atoms with Crippen molar-refractivity contribution in [3.63, 3.8) is 0 Å². The van der Waals surface area contributed by atoms with Gasteiger partial charge < -0.3 is 10.1 Å². The Kier molecular flexibility index (Phi) is 4.19. The first-order valence-corrected chi connectivity index (χ1v) is 8.02. The number of hydrogen-bond acceptors (Lipinski definition) is 2. The van der Waals surface area contributed by atoms with Gasteiger partial charge in [-0.15, -0.1) is 0 Å².